The first kappa shape index (κ1) is 18.5. The molecule has 0 saturated carbocycles. The minimum atomic E-state index is -0.377. The smallest absolute Gasteiger partial charge is 0.254 e. The quantitative estimate of drug-likeness (QED) is 0.872. The lowest BCUT2D eigenvalue weighted by atomic mass is 10.0. The molecule has 1 aromatic carbocycles. The Balaban J connectivity index is 1.74. The molecule has 2 aliphatic rings. The van der Waals surface area contributed by atoms with E-state index in [4.69, 9.17) is 23.2 Å². The normalized spacial score (nSPS) is 23.8. The Bertz CT molecular complexity index is 668. The molecule has 0 bridgehead atoms. The van der Waals surface area contributed by atoms with Crippen LogP contribution in [0.25, 0.3) is 0 Å². The highest BCUT2D eigenvalue weighted by Crippen LogP contribution is 2.27. The molecule has 5 nitrogen and oxygen atoms in total. The van der Waals surface area contributed by atoms with Crippen LogP contribution in [0.15, 0.2) is 18.2 Å². The van der Waals surface area contributed by atoms with E-state index in [0.29, 0.717) is 41.2 Å². The van der Waals surface area contributed by atoms with Crippen LogP contribution in [0.1, 0.15) is 36.0 Å². The van der Waals surface area contributed by atoms with Crippen LogP contribution in [-0.2, 0) is 4.79 Å². The predicted octanol–water partition coefficient (Wildman–Crippen LogP) is 2.81. The summed E-state index contributed by atoms with van der Waals surface area (Å²) in [4.78, 5) is 29.4. The van der Waals surface area contributed by atoms with Gasteiger partial charge in [0.2, 0.25) is 5.91 Å². The van der Waals surface area contributed by atoms with Crippen molar-refractivity contribution >= 4 is 35.0 Å². The van der Waals surface area contributed by atoms with Gasteiger partial charge in [-0.25, -0.2) is 0 Å². The summed E-state index contributed by atoms with van der Waals surface area (Å²) in [7, 11) is 1.92. The number of carbonyl (C=O) groups is 2. The molecule has 0 aliphatic carbocycles. The molecular formula is C18H23Cl2N3O2. The maximum absolute atomic E-state index is 13.0. The number of nitrogens with zero attached hydrogens (tertiary/aromatic N) is 2. The number of amides is 2. The molecule has 2 heterocycles. The number of benzene rings is 1. The van der Waals surface area contributed by atoms with Gasteiger partial charge in [0.1, 0.15) is 6.04 Å². The van der Waals surface area contributed by atoms with Crippen molar-refractivity contribution in [1.82, 2.24) is 15.1 Å². The van der Waals surface area contributed by atoms with Crippen molar-refractivity contribution < 1.29 is 9.59 Å². The van der Waals surface area contributed by atoms with Gasteiger partial charge in [0.05, 0.1) is 10.0 Å². The van der Waals surface area contributed by atoms with E-state index in [2.05, 4.69) is 5.32 Å². The average molecular weight is 384 g/mol. The van der Waals surface area contributed by atoms with Gasteiger partial charge < -0.3 is 15.1 Å². The standard InChI is InChI=1S/C18H23Cl2N3O2/c1-21-13-4-2-8-22(11-13)18(25)16-5-3-9-23(16)17(24)12-6-7-14(19)15(20)10-12/h6-7,10,13,16,21H,2-5,8-9,11H2,1H3. The van der Waals surface area contributed by atoms with Crippen molar-refractivity contribution in [1.29, 1.82) is 0 Å². The van der Waals surface area contributed by atoms with Crippen LogP contribution in [0.2, 0.25) is 10.0 Å². The molecule has 2 saturated heterocycles. The third-order valence-corrected chi connectivity index (χ3v) is 5.85. The van der Waals surface area contributed by atoms with E-state index in [9.17, 15) is 9.59 Å². The molecule has 0 spiro atoms. The fourth-order valence-corrected chi connectivity index (χ4v) is 3.98. The lowest BCUT2D eigenvalue weighted by Gasteiger charge is -2.36. The SMILES string of the molecule is CNC1CCCN(C(=O)C2CCCN2C(=O)c2ccc(Cl)c(Cl)c2)C1. The minimum Gasteiger partial charge on any atom is -0.339 e. The van der Waals surface area contributed by atoms with E-state index in [0.717, 1.165) is 25.8 Å². The first-order valence-corrected chi connectivity index (χ1v) is 9.49. The Morgan fingerprint density at radius 3 is 2.60 bits per heavy atom. The zero-order chi connectivity index (χ0) is 18.0. The average Bonchev–Trinajstić information content (AvgIpc) is 3.12. The molecule has 2 atom stereocenters. The maximum atomic E-state index is 13.0. The summed E-state index contributed by atoms with van der Waals surface area (Å²) in [5.74, 6) is -0.0950. The van der Waals surface area contributed by atoms with E-state index >= 15 is 0 Å². The van der Waals surface area contributed by atoms with Gasteiger partial charge in [0, 0.05) is 31.2 Å². The van der Waals surface area contributed by atoms with Gasteiger partial charge in [0.25, 0.3) is 5.91 Å². The molecule has 2 fully saturated rings. The number of likely N-dealkylation sites (N-methyl/N-ethyl adjacent to an activating group) is 1. The molecule has 2 amide bonds. The summed E-state index contributed by atoms with van der Waals surface area (Å²) < 4.78 is 0. The minimum absolute atomic E-state index is 0.0610. The summed E-state index contributed by atoms with van der Waals surface area (Å²) in [5, 5.41) is 4.01. The fraction of sp³-hybridized carbons (Fsp3) is 0.556. The second-order valence-corrected chi connectivity index (χ2v) is 7.51. The van der Waals surface area contributed by atoms with Gasteiger partial charge in [-0.1, -0.05) is 23.2 Å². The summed E-state index contributed by atoms with van der Waals surface area (Å²) in [6.07, 6.45) is 3.63. The molecule has 136 valence electrons. The van der Waals surface area contributed by atoms with Gasteiger partial charge in [-0.3, -0.25) is 9.59 Å². The van der Waals surface area contributed by atoms with Crippen molar-refractivity contribution in [2.45, 2.75) is 37.8 Å². The molecular weight excluding hydrogens is 361 g/mol. The van der Waals surface area contributed by atoms with Crippen LogP contribution in [0.3, 0.4) is 0 Å². The molecule has 1 aromatic rings. The van der Waals surface area contributed by atoms with E-state index in [-0.39, 0.29) is 17.9 Å². The third kappa shape index (κ3) is 3.94. The second-order valence-electron chi connectivity index (χ2n) is 6.70. The van der Waals surface area contributed by atoms with Gasteiger partial charge in [0.15, 0.2) is 0 Å². The molecule has 1 N–H and O–H groups in total. The number of piperidine rings is 1. The number of rotatable bonds is 3. The third-order valence-electron chi connectivity index (χ3n) is 5.11. The number of likely N-dealkylation sites (tertiary alicyclic amines) is 2. The lowest BCUT2D eigenvalue weighted by molar-refractivity contribution is -0.136. The highest BCUT2D eigenvalue weighted by Gasteiger charge is 2.38. The maximum Gasteiger partial charge on any atom is 0.254 e. The van der Waals surface area contributed by atoms with Crippen molar-refractivity contribution in [3.8, 4) is 0 Å². The first-order chi connectivity index (χ1) is 12.0. The van der Waals surface area contributed by atoms with Gasteiger partial charge in [-0.2, -0.15) is 0 Å². The number of hydrogen-bond acceptors (Lipinski definition) is 3. The summed E-state index contributed by atoms with van der Waals surface area (Å²) in [5.41, 5.74) is 0.473. The van der Waals surface area contributed by atoms with E-state index in [1.54, 1.807) is 23.1 Å². The van der Waals surface area contributed by atoms with Gasteiger partial charge in [-0.05, 0) is 50.9 Å². The molecule has 2 aliphatic heterocycles. The highest BCUT2D eigenvalue weighted by atomic mass is 35.5. The lowest BCUT2D eigenvalue weighted by Crippen LogP contribution is -2.53. The number of nitrogens with one attached hydrogen (secondary N) is 1. The number of hydrogen-bond donors (Lipinski definition) is 1. The molecule has 2 unspecified atom stereocenters. The van der Waals surface area contributed by atoms with E-state index in [1.165, 1.54) is 0 Å². The zero-order valence-electron chi connectivity index (χ0n) is 14.3. The molecule has 0 radical (unpaired) electrons. The molecule has 7 heteroatoms. The van der Waals surface area contributed by atoms with Crippen LogP contribution in [-0.4, -0.2) is 60.4 Å². The summed E-state index contributed by atoms with van der Waals surface area (Å²) in [6.45, 7) is 2.07. The Hall–Kier alpha value is -1.30. The summed E-state index contributed by atoms with van der Waals surface area (Å²) >= 11 is 12.0. The van der Waals surface area contributed by atoms with Crippen LogP contribution >= 0.6 is 23.2 Å². The van der Waals surface area contributed by atoms with Crippen molar-refractivity contribution in [2.75, 3.05) is 26.7 Å². The van der Waals surface area contributed by atoms with Crippen molar-refractivity contribution in [3.63, 3.8) is 0 Å². The van der Waals surface area contributed by atoms with E-state index in [1.807, 2.05) is 11.9 Å². The Labute approximate surface area is 158 Å². The van der Waals surface area contributed by atoms with E-state index < -0.39 is 0 Å². The largest absolute Gasteiger partial charge is 0.339 e. The van der Waals surface area contributed by atoms with Crippen molar-refractivity contribution in [3.05, 3.63) is 33.8 Å². The Morgan fingerprint density at radius 2 is 1.88 bits per heavy atom. The van der Waals surface area contributed by atoms with Crippen LogP contribution in [0, 0.1) is 0 Å². The summed E-state index contributed by atoms with van der Waals surface area (Å²) in [6, 6.07) is 4.81. The fourth-order valence-electron chi connectivity index (χ4n) is 3.69. The Morgan fingerprint density at radius 1 is 1.12 bits per heavy atom. The molecule has 3 rings (SSSR count). The Kier molecular flexibility index (Phi) is 5.87. The van der Waals surface area contributed by atoms with Gasteiger partial charge >= 0.3 is 0 Å². The monoisotopic (exact) mass is 383 g/mol. The van der Waals surface area contributed by atoms with Crippen LogP contribution in [0.4, 0.5) is 0 Å². The van der Waals surface area contributed by atoms with Crippen molar-refractivity contribution in [2.24, 2.45) is 0 Å². The molecule has 0 aromatic heterocycles. The molecule has 25 heavy (non-hydrogen) atoms. The predicted molar refractivity (Wildman–Crippen MR) is 99.2 cm³/mol. The second kappa shape index (κ2) is 7.94. The highest BCUT2D eigenvalue weighted by molar-refractivity contribution is 6.42. The first-order valence-electron chi connectivity index (χ1n) is 8.73. The van der Waals surface area contributed by atoms with Crippen LogP contribution in [0.5, 0.6) is 0 Å². The topological polar surface area (TPSA) is 52.7 Å². The number of carbonyl (C=O) groups excluding carboxylic acids is 2. The van der Waals surface area contributed by atoms with Crippen LogP contribution < -0.4 is 5.32 Å². The van der Waals surface area contributed by atoms with Gasteiger partial charge in [-0.15, -0.1) is 0 Å². The zero-order valence-corrected chi connectivity index (χ0v) is 15.8. The number of halogens is 2.